The summed E-state index contributed by atoms with van der Waals surface area (Å²) in [6.07, 6.45) is 3.36. The summed E-state index contributed by atoms with van der Waals surface area (Å²) < 4.78 is 7.79. The van der Waals surface area contributed by atoms with Gasteiger partial charge in [0, 0.05) is 17.5 Å². The predicted molar refractivity (Wildman–Crippen MR) is 50.7 cm³/mol. The number of hydrogen-bond donors (Lipinski definition) is 1. The average Bonchev–Trinajstić information content (AvgIpc) is 2.74. The molecule has 0 aliphatic carbocycles. The molecule has 0 aliphatic rings. The van der Waals surface area contributed by atoms with E-state index in [1.165, 1.54) is 11.3 Å². The van der Waals surface area contributed by atoms with Crippen molar-refractivity contribution in [1.82, 2.24) is 13.7 Å². The van der Waals surface area contributed by atoms with E-state index in [2.05, 4.69) is 13.7 Å². The lowest BCUT2D eigenvalue weighted by molar-refractivity contribution is 0.175. The summed E-state index contributed by atoms with van der Waals surface area (Å²) >= 11 is 2.64. The minimum absolute atomic E-state index is 0.556. The van der Waals surface area contributed by atoms with Gasteiger partial charge in [0.05, 0.1) is 23.4 Å². The molecule has 2 aromatic heterocycles. The maximum atomic E-state index is 9.66. The fraction of sp³-hybridized carbons (Fsp3) is 0.286. The molecule has 2 rings (SSSR count). The largest absolute Gasteiger partial charge is 0.386 e. The van der Waals surface area contributed by atoms with Crippen molar-refractivity contribution in [3.63, 3.8) is 0 Å². The van der Waals surface area contributed by atoms with E-state index in [1.807, 2.05) is 0 Å². The van der Waals surface area contributed by atoms with Gasteiger partial charge in [-0.15, -0.1) is 11.3 Å². The van der Waals surface area contributed by atoms with Gasteiger partial charge in [-0.3, -0.25) is 4.98 Å². The summed E-state index contributed by atoms with van der Waals surface area (Å²) in [7, 11) is 0. The van der Waals surface area contributed by atoms with Crippen molar-refractivity contribution in [1.29, 1.82) is 0 Å². The van der Waals surface area contributed by atoms with Crippen LogP contribution in [0.4, 0.5) is 0 Å². The van der Waals surface area contributed by atoms with E-state index in [4.69, 9.17) is 0 Å². The van der Waals surface area contributed by atoms with Gasteiger partial charge in [0.25, 0.3) is 0 Å². The number of rotatable bonds is 3. The molecule has 4 nitrogen and oxygen atoms in total. The van der Waals surface area contributed by atoms with Gasteiger partial charge < -0.3 is 5.11 Å². The Hall–Kier alpha value is -0.850. The van der Waals surface area contributed by atoms with Gasteiger partial charge in [0.1, 0.15) is 11.8 Å². The molecular weight excluding hydrogens is 206 g/mol. The van der Waals surface area contributed by atoms with Gasteiger partial charge >= 0.3 is 0 Å². The van der Waals surface area contributed by atoms with Crippen LogP contribution >= 0.6 is 23.1 Å². The van der Waals surface area contributed by atoms with Crippen molar-refractivity contribution >= 4 is 23.1 Å². The highest BCUT2D eigenvalue weighted by molar-refractivity contribution is 7.09. The number of aliphatic hydroxyl groups excluding tert-OH is 1. The minimum Gasteiger partial charge on any atom is -0.386 e. The number of thiazole rings is 1. The van der Waals surface area contributed by atoms with E-state index in [0.717, 1.165) is 16.6 Å². The topological polar surface area (TPSA) is 58.9 Å². The number of nitrogens with zero attached hydrogens (tertiary/aromatic N) is 3. The predicted octanol–water partition coefficient (Wildman–Crippen LogP) is 1.27. The summed E-state index contributed by atoms with van der Waals surface area (Å²) in [5, 5.41) is 9.66. The molecular formula is C7H7N3OS2. The highest BCUT2D eigenvalue weighted by Gasteiger charge is 2.11. The molecule has 1 unspecified atom stereocenters. The van der Waals surface area contributed by atoms with Crippen LogP contribution in [0.25, 0.3) is 0 Å². The summed E-state index contributed by atoms with van der Waals surface area (Å²) in [4.78, 5) is 4.99. The fourth-order valence-electron chi connectivity index (χ4n) is 0.957. The second-order valence-corrected chi connectivity index (χ2v) is 4.05. The van der Waals surface area contributed by atoms with Crippen molar-refractivity contribution < 1.29 is 5.11 Å². The molecule has 0 fully saturated rings. The molecule has 1 atom stereocenters. The molecule has 0 radical (unpaired) electrons. The van der Waals surface area contributed by atoms with Gasteiger partial charge in [0.15, 0.2) is 0 Å². The van der Waals surface area contributed by atoms with E-state index >= 15 is 0 Å². The Morgan fingerprint density at radius 2 is 2.38 bits per heavy atom. The number of aliphatic hydroxyl groups is 1. The molecule has 0 saturated heterocycles. The van der Waals surface area contributed by atoms with Crippen molar-refractivity contribution in [2.45, 2.75) is 12.5 Å². The Balaban J connectivity index is 2.04. The highest BCUT2D eigenvalue weighted by atomic mass is 32.1. The van der Waals surface area contributed by atoms with E-state index in [-0.39, 0.29) is 0 Å². The third kappa shape index (κ3) is 2.09. The minimum atomic E-state index is -0.556. The van der Waals surface area contributed by atoms with Gasteiger partial charge in [0.2, 0.25) is 0 Å². The smallest absolute Gasteiger partial charge is 0.104 e. The molecule has 0 aliphatic heterocycles. The Morgan fingerprint density at radius 3 is 3.00 bits per heavy atom. The van der Waals surface area contributed by atoms with Crippen LogP contribution in [0.2, 0.25) is 0 Å². The zero-order valence-electron chi connectivity index (χ0n) is 6.62. The fourth-order valence-corrected chi connectivity index (χ4v) is 2.06. The highest BCUT2D eigenvalue weighted by Crippen LogP contribution is 2.18. The Morgan fingerprint density at radius 1 is 1.46 bits per heavy atom. The third-order valence-corrected chi connectivity index (χ3v) is 2.89. The zero-order valence-corrected chi connectivity index (χ0v) is 8.25. The lowest BCUT2D eigenvalue weighted by Gasteiger charge is -2.03. The first-order valence-electron chi connectivity index (χ1n) is 3.69. The Bertz CT molecular complexity index is 346. The Kier molecular flexibility index (Phi) is 2.62. The molecule has 0 amide bonds. The van der Waals surface area contributed by atoms with Gasteiger partial charge in [-0.2, -0.15) is 8.75 Å². The molecule has 6 heteroatoms. The standard InChI is InChI=1S/C7H7N3OS2/c11-7(6-3-9-13-10-6)1-5-2-8-4-12-5/h2-4,7,11H,1H2. The lowest BCUT2D eigenvalue weighted by Crippen LogP contribution is -2.00. The van der Waals surface area contributed by atoms with Crippen LogP contribution in [0.3, 0.4) is 0 Å². The second kappa shape index (κ2) is 3.91. The molecule has 1 N–H and O–H groups in total. The van der Waals surface area contributed by atoms with E-state index in [1.54, 1.807) is 17.9 Å². The molecule has 68 valence electrons. The quantitative estimate of drug-likeness (QED) is 0.834. The molecule has 2 heterocycles. The molecule has 0 aromatic carbocycles. The van der Waals surface area contributed by atoms with Crippen LogP contribution < -0.4 is 0 Å². The summed E-state index contributed by atoms with van der Waals surface area (Å²) in [6.45, 7) is 0. The maximum Gasteiger partial charge on any atom is 0.104 e. The van der Waals surface area contributed by atoms with Crippen molar-refractivity contribution in [2.75, 3.05) is 0 Å². The van der Waals surface area contributed by atoms with Crippen molar-refractivity contribution in [2.24, 2.45) is 0 Å². The molecule has 0 saturated carbocycles. The van der Waals surface area contributed by atoms with Crippen LogP contribution in [0.15, 0.2) is 17.9 Å². The van der Waals surface area contributed by atoms with Crippen LogP contribution in [0, 0.1) is 0 Å². The van der Waals surface area contributed by atoms with Gasteiger partial charge in [-0.25, -0.2) is 0 Å². The Labute approximate surface area is 83.2 Å². The second-order valence-electron chi connectivity index (χ2n) is 2.52. The van der Waals surface area contributed by atoms with Crippen molar-refractivity contribution in [3.05, 3.63) is 28.5 Å². The zero-order chi connectivity index (χ0) is 9.10. The van der Waals surface area contributed by atoms with Crippen LogP contribution in [-0.2, 0) is 6.42 Å². The molecule has 2 aromatic rings. The van der Waals surface area contributed by atoms with Crippen LogP contribution in [0.5, 0.6) is 0 Å². The maximum absolute atomic E-state index is 9.66. The van der Waals surface area contributed by atoms with E-state index < -0.39 is 6.10 Å². The summed E-state index contributed by atoms with van der Waals surface area (Å²) in [5.74, 6) is 0. The molecule has 0 spiro atoms. The SMILES string of the molecule is OC(Cc1cncs1)c1cnsn1. The monoisotopic (exact) mass is 213 g/mol. The number of aromatic nitrogens is 3. The average molecular weight is 213 g/mol. The van der Waals surface area contributed by atoms with Crippen LogP contribution in [-0.4, -0.2) is 18.8 Å². The van der Waals surface area contributed by atoms with E-state index in [9.17, 15) is 5.11 Å². The van der Waals surface area contributed by atoms with Gasteiger partial charge in [-0.1, -0.05) is 0 Å². The third-order valence-electron chi connectivity index (χ3n) is 1.60. The summed E-state index contributed by atoms with van der Waals surface area (Å²) in [5.41, 5.74) is 2.39. The summed E-state index contributed by atoms with van der Waals surface area (Å²) in [6, 6.07) is 0. The van der Waals surface area contributed by atoms with Gasteiger partial charge in [-0.05, 0) is 0 Å². The first-order chi connectivity index (χ1) is 6.36. The van der Waals surface area contributed by atoms with E-state index in [0.29, 0.717) is 12.1 Å². The van der Waals surface area contributed by atoms with Crippen molar-refractivity contribution in [3.8, 4) is 0 Å². The number of hydrogen-bond acceptors (Lipinski definition) is 6. The first kappa shape index (κ1) is 8.74. The van der Waals surface area contributed by atoms with Crippen LogP contribution in [0.1, 0.15) is 16.7 Å². The first-order valence-corrected chi connectivity index (χ1v) is 5.30. The molecule has 0 bridgehead atoms. The normalized spacial score (nSPS) is 13.0. The molecule has 13 heavy (non-hydrogen) atoms. The lowest BCUT2D eigenvalue weighted by atomic mass is 10.2.